The van der Waals surface area contributed by atoms with Gasteiger partial charge in [-0.1, -0.05) is 54.7 Å². The molecule has 0 saturated carbocycles. The van der Waals surface area contributed by atoms with E-state index in [1.54, 1.807) is 4.91 Å². The van der Waals surface area contributed by atoms with Crippen molar-refractivity contribution in [3.63, 3.8) is 0 Å². The van der Waals surface area contributed by atoms with Crippen LogP contribution in [0.1, 0.15) is 36.3 Å². The number of rotatable bonds is 1. The Morgan fingerprint density at radius 3 is 3.00 bits per heavy atom. The number of hydrogen-bond acceptors (Lipinski definition) is 2. The summed E-state index contributed by atoms with van der Waals surface area (Å²) in [6.45, 7) is 0. The van der Waals surface area contributed by atoms with E-state index in [1.165, 1.54) is 41.6 Å². The van der Waals surface area contributed by atoms with Gasteiger partial charge in [0.05, 0.1) is 6.04 Å². The quantitative estimate of drug-likeness (QED) is 0.613. The highest BCUT2D eigenvalue weighted by molar-refractivity contribution is 8.04. The molecule has 0 radical (unpaired) electrons. The van der Waals surface area contributed by atoms with Crippen LogP contribution in [0.15, 0.2) is 71.7 Å². The Kier molecular flexibility index (Phi) is 3.37. The second-order valence-corrected chi connectivity index (χ2v) is 9.34. The van der Waals surface area contributed by atoms with Crippen LogP contribution >= 0.6 is 11.8 Å². The van der Waals surface area contributed by atoms with E-state index in [0.717, 1.165) is 17.1 Å². The minimum absolute atomic E-state index is 0.429. The molecule has 0 aromatic heterocycles. The highest BCUT2D eigenvalue weighted by Crippen LogP contribution is 2.55. The molecule has 130 valence electrons. The molecule has 6 rings (SSSR count). The van der Waals surface area contributed by atoms with E-state index >= 15 is 0 Å². The minimum atomic E-state index is 0.429. The van der Waals surface area contributed by atoms with Crippen LogP contribution in [-0.2, 0) is 0 Å². The van der Waals surface area contributed by atoms with Crippen molar-refractivity contribution in [1.29, 1.82) is 0 Å². The monoisotopic (exact) mass is 357 g/mol. The van der Waals surface area contributed by atoms with Crippen molar-refractivity contribution in [1.82, 2.24) is 0 Å². The first-order valence-corrected chi connectivity index (χ1v) is 10.7. The molecule has 1 nitrogen and oxygen atoms in total. The molecule has 1 saturated heterocycles. The van der Waals surface area contributed by atoms with Gasteiger partial charge in [-0.05, 0) is 64.8 Å². The van der Waals surface area contributed by atoms with Crippen molar-refractivity contribution < 1.29 is 0 Å². The van der Waals surface area contributed by atoms with Gasteiger partial charge in [0.15, 0.2) is 0 Å². The van der Waals surface area contributed by atoms with Gasteiger partial charge in [-0.15, -0.1) is 11.8 Å². The summed E-state index contributed by atoms with van der Waals surface area (Å²) in [4.78, 5) is 1.62. The molecule has 5 aliphatic rings. The Labute approximate surface area is 159 Å². The lowest BCUT2D eigenvalue weighted by atomic mass is 9.76. The van der Waals surface area contributed by atoms with Gasteiger partial charge >= 0.3 is 0 Å². The first kappa shape index (κ1) is 15.2. The summed E-state index contributed by atoms with van der Waals surface area (Å²) in [7, 11) is 0. The number of hydrogen-bond donors (Lipinski definition) is 1. The van der Waals surface area contributed by atoms with E-state index in [2.05, 4.69) is 83.9 Å². The molecule has 26 heavy (non-hydrogen) atoms. The predicted molar refractivity (Wildman–Crippen MR) is 112 cm³/mol. The highest BCUT2D eigenvalue weighted by atomic mass is 32.2. The first-order chi connectivity index (χ1) is 12.9. The maximum atomic E-state index is 3.66. The molecule has 5 atom stereocenters. The van der Waals surface area contributed by atoms with Gasteiger partial charge in [-0.2, -0.15) is 0 Å². The van der Waals surface area contributed by atoms with Gasteiger partial charge in [0, 0.05) is 16.9 Å². The second-order valence-electron chi connectivity index (χ2n) is 8.09. The fraction of sp³-hybridized carbons (Fsp3) is 0.333. The third-order valence-corrected chi connectivity index (χ3v) is 8.19. The fourth-order valence-electron chi connectivity index (χ4n) is 5.35. The molecule has 5 unspecified atom stereocenters. The van der Waals surface area contributed by atoms with Crippen molar-refractivity contribution in [3.8, 4) is 0 Å². The third-order valence-electron chi connectivity index (χ3n) is 6.70. The average molecular weight is 358 g/mol. The molecule has 2 heterocycles. The molecular formula is C24H23NS. The lowest BCUT2D eigenvalue weighted by Crippen LogP contribution is -2.20. The predicted octanol–water partition coefficient (Wildman–Crippen LogP) is 6.06. The SMILES string of the molecule is C1=CC2Nc3ccc(C4=CC=C5SC6C=CCCC6C5C4)cc3C2C=C1. The van der Waals surface area contributed by atoms with E-state index in [4.69, 9.17) is 0 Å². The van der Waals surface area contributed by atoms with Crippen LogP contribution in [0.5, 0.6) is 0 Å². The maximum absolute atomic E-state index is 3.66. The number of nitrogens with one attached hydrogen (secondary N) is 1. The number of thioether (sulfide) groups is 1. The Hall–Kier alpha value is -1.93. The summed E-state index contributed by atoms with van der Waals surface area (Å²) < 4.78 is 0. The molecule has 3 aliphatic carbocycles. The molecule has 2 aliphatic heterocycles. The molecule has 0 spiro atoms. The van der Waals surface area contributed by atoms with Crippen LogP contribution in [0.4, 0.5) is 5.69 Å². The van der Waals surface area contributed by atoms with Gasteiger partial charge < -0.3 is 5.32 Å². The number of fused-ring (bicyclic) bond motifs is 6. The van der Waals surface area contributed by atoms with Crippen molar-refractivity contribution >= 4 is 23.0 Å². The third kappa shape index (κ3) is 2.24. The second kappa shape index (κ2) is 5.79. The largest absolute Gasteiger partial charge is 0.378 e. The lowest BCUT2D eigenvalue weighted by Gasteiger charge is -2.27. The molecule has 2 heteroatoms. The summed E-state index contributed by atoms with van der Waals surface area (Å²) in [5.74, 6) is 2.07. The Balaban J connectivity index is 1.32. The van der Waals surface area contributed by atoms with E-state index in [9.17, 15) is 0 Å². The lowest BCUT2D eigenvalue weighted by molar-refractivity contribution is 0.388. The van der Waals surface area contributed by atoms with Crippen LogP contribution in [0.2, 0.25) is 0 Å². The van der Waals surface area contributed by atoms with Crippen LogP contribution < -0.4 is 5.32 Å². The van der Waals surface area contributed by atoms with E-state index in [0.29, 0.717) is 12.0 Å². The van der Waals surface area contributed by atoms with E-state index in [-0.39, 0.29) is 0 Å². The van der Waals surface area contributed by atoms with Gasteiger partial charge in [-0.25, -0.2) is 0 Å². The summed E-state index contributed by atoms with van der Waals surface area (Å²) in [6, 6.07) is 7.49. The van der Waals surface area contributed by atoms with Crippen molar-refractivity contribution in [3.05, 3.63) is 82.8 Å². The van der Waals surface area contributed by atoms with E-state index in [1.807, 2.05) is 0 Å². The van der Waals surface area contributed by atoms with Crippen LogP contribution in [0.25, 0.3) is 5.57 Å². The molecule has 1 fully saturated rings. The Bertz CT molecular complexity index is 916. The molecule has 1 N–H and O–H groups in total. The minimum Gasteiger partial charge on any atom is -0.378 e. The molecule has 1 aromatic carbocycles. The summed E-state index contributed by atoms with van der Waals surface area (Å²) >= 11 is 2.11. The van der Waals surface area contributed by atoms with Gasteiger partial charge in [0.1, 0.15) is 0 Å². The first-order valence-electron chi connectivity index (χ1n) is 9.87. The Morgan fingerprint density at radius 1 is 1.04 bits per heavy atom. The Morgan fingerprint density at radius 2 is 2.00 bits per heavy atom. The van der Waals surface area contributed by atoms with Crippen LogP contribution in [0, 0.1) is 11.8 Å². The molecule has 0 amide bonds. The highest BCUT2D eigenvalue weighted by Gasteiger charge is 2.41. The van der Waals surface area contributed by atoms with Gasteiger partial charge in [0.2, 0.25) is 0 Å². The fourth-order valence-corrected chi connectivity index (χ4v) is 6.93. The maximum Gasteiger partial charge on any atom is 0.0551 e. The number of allylic oxidation sites excluding steroid dienone is 7. The zero-order valence-corrected chi connectivity index (χ0v) is 15.6. The average Bonchev–Trinajstić information content (AvgIpc) is 3.25. The smallest absolute Gasteiger partial charge is 0.0551 e. The van der Waals surface area contributed by atoms with Crippen molar-refractivity contribution in [2.45, 2.75) is 36.5 Å². The number of anilines is 1. The number of benzene rings is 1. The van der Waals surface area contributed by atoms with Crippen molar-refractivity contribution in [2.24, 2.45) is 11.8 Å². The zero-order valence-electron chi connectivity index (χ0n) is 14.8. The summed E-state index contributed by atoms with van der Waals surface area (Å²) in [5.41, 5.74) is 5.71. The zero-order chi connectivity index (χ0) is 17.1. The molecular weight excluding hydrogens is 334 g/mol. The standard InChI is InChI=1S/C24H23NS/c1-3-7-21-17(5-1)19-13-15(9-11-22(19)25-21)16-10-12-24-20(14-16)18-6-2-4-8-23(18)26-24/h1,3-5,7-13,17-18,20-21,23,25H,2,6,14H2. The van der Waals surface area contributed by atoms with Gasteiger partial charge in [0.25, 0.3) is 0 Å². The normalized spacial score (nSPS) is 35.8. The molecule has 0 bridgehead atoms. The summed E-state index contributed by atoms with van der Waals surface area (Å²) in [6.07, 6.45) is 22.4. The van der Waals surface area contributed by atoms with Crippen molar-refractivity contribution in [2.75, 3.05) is 5.32 Å². The van der Waals surface area contributed by atoms with Gasteiger partial charge in [-0.3, -0.25) is 0 Å². The summed E-state index contributed by atoms with van der Waals surface area (Å²) in [5, 5.41) is 4.38. The van der Waals surface area contributed by atoms with E-state index < -0.39 is 0 Å². The van der Waals surface area contributed by atoms with Crippen LogP contribution in [0.3, 0.4) is 0 Å². The van der Waals surface area contributed by atoms with Crippen LogP contribution in [-0.4, -0.2) is 11.3 Å². The topological polar surface area (TPSA) is 12.0 Å². The molecule has 1 aromatic rings.